The normalized spacial score (nSPS) is 12.7. The number of hydrogen-bond donors (Lipinski definition) is 1. The lowest BCUT2D eigenvalue weighted by molar-refractivity contribution is 0.173. The van der Waals surface area contributed by atoms with Gasteiger partial charge < -0.3 is 14.8 Å². The molecule has 0 atom stereocenters. The summed E-state index contributed by atoms with van der Waals surface area (Å²) in [7, 11) is 0. The summed E-state index contributed by atoms with van der Waals surface area (Å²) in [4.78, 5) is 0. The van der Waals surface area contributed by atoms with Crippen LogP contribution in [-0.4, -0.2) is 6.79 Å². The third-order valence-electron chi connectivity index (χ3n) is 3.07. The predicted molar refractivity (Wildman–Crippen MR) is 77.3 cm³/mol. The Labute approximate surface area is 120 Å². The molecular formula is C15H14BrNO2. The van der Waals surface area contributed by atoms with Crippen molar-refractivity contribution in [2.45, 2.75) is 13.1 Å². The van der Waals surface area contributed by atoms with Gasteiger partial charge in [0.2, 0.25) is 6.79 Å². The number of para-hydroxylation sites is 1. The molecule has 4 heteroatoms. The second kappa shape index (κ2) is 5.63. The van der Waals surface area contributed by atoms with E-state index in [0.717, 1.165) is 34.6 Å². The van der Waals surface area contributed by atoms with E-state index in [2.05, 4.69) is 33.4 Å². The van der Waals surface area contributed by atoms with Crippen molar-refractivity contribution in [2.75, 3.05) is 6.79 Å². The van der Waals surface area contributed by atoms with Gasteiger partial charge in [-0.2, -0.15) is 0 Å². The summed E-state index contributed by atoms with van der Waals surface area (Å²) in [6.45, 7) is 1.89. The molecule has 98 valence electrons. The SMILES string of the molecule is Brc1ccccc1CNCc1cccc2c1OCO2. The molecule has 1 aliphatic rings. The van der Waals surface area contributed by atoms with Crippen LogP contribution >= 0.6 is 15.9 Å². The summed E-state index contributed by atoms with van der Waals surface area (Å²) in [6, 6.07) is 14.2. The van der Waals surface area contributed by atoms with Crippen LogP contribution in [0.5, 0.6) is 11.5 Å². The number of hydrogen-bond acceptors (Lipinski definition) is 3. The molecule has 1 N–H and O–H groups in total. The summed E-state index contributed by atoms with van der Waals surface area (Å²) in [5, 5.41) is 3.42. The highest BCUT2D eigenvalue weighted by Crippen LogP contribution is 2.35. The van der Waals surface area contributed by atoms with E-state index in [0.29, 0.717) is 6.79 Å². The molecule has 3 rings (SSSR count). The van der Waals surface area contributed by atoms with E-state index in [-0.39, 0.29) is 0 Å². The van der Waals surface area contributed by atoms with Gasteiger partial charge in [0, 0.05) is 23.1 Å². The first kappa shape index (κ1) is 12.5. The molecule has 1 heterocycles. The van der Waals surface area contributed by atoms with E-state index in [1.807, 2.05) is 30.3 Å². The minimum absolute atomic E-state index is 0.316. The maximum absolute atomic E-state index is 5.48. The van der Waals surface area contributed by atoms with Crippen LogP contribution in [0.3, 0.4) is 0 Å². The molecule has 0 spiro atoms. The van der Waals surface area contributed by atoms with E-state index in [4.69, 9.17) is 9.47 Å². The molecule has 0 saturated carbocycles. The van der Waals surface area contributed by atoms with Crippen molar-refractivity contribution in [3.8, 4) is 11.5 Å². The van der Waals surface area contributed by atoms with Crippen LogP contribution in [0.15, 0.2) is 46.9 Å². The number of halogens is 1. The summed E-state index contributed by atoms with van der Waals surface area (Å²) >= 11 is 3.55. The summed E-state index contributed by atoms with van der Waals surface area (Å²) in [5.41, 5.74) is 2.37. The Bertz CT molecular complexity index is 586. The van der Waals surface area contributed by atoms with E-state index >= 15 is 0 Å². The summed E-state index contributed by atoms with van der Waals surface area (Å²) in [5.74, 6) is 1.70. The Balaban J connectivity index is 1.65. The molecule has 19 heavy (non-hydrogen) atoms. The van der Waals surface area contributed by atoms with Crippen molar-refractivity contribution >= 4 is 15.9 Å². The number of benzene rings is 2. The average Bonchev–Trinajstić information content (AvgIpc) is 2.90. The zero-order valence-corrected chi connectivity index (χ0v) is 11.9. The van der Waals surface area contributed by atoms with Crippen molar-refractivity contribution < 1.29 is 9.47 Å². The topological polar surface area (TPSA) is 30.5 Å². The third-order valence-corrected chi connectivity index (χ3v) is 3.84. The Hall–Kier alpha value is -1.52. The zero-order valence-electron chi connectivity index (χ0n) is 10.4. The molecule has 0 amide bonds. The van der Waals surface area contributed by atoms with Crippen LogP contribution in [0.4, 0.5) is 0 Å². The fourth-order valence-corrected chi connectivity index (χ4v) is 2.53. The lowest BCUT2D eigenvalue weighted by atomic mass is 10.1. The highest BCUT2D eigenvalue weighted by atomic mass is 79.9. The molecule has 0 bridgehead atoms. The Kier molecular flexibility index (Phi) is 3.71. The molecule has 0 saturated heterocycles. The molecule has 2 aromatic carbocycles. The highest BCUT2D eigenvalue weighted by Gasteiger charge is 2.16. The molecule has 1 aliphatic heterocycles. The van der Waals surface area contributed by atoms with Gasteiger partial charge in [-0.25, -0.2) is 0 Å². The second-order valence-corrected chi connectivity index (χ2v) is 5.20. The lowest BCUT2D eigenvalue weighted by Crippen LogP contribution is -2.13. The van der Waals surface area contributed by atoms with Gasteiger partial charge in [0.25, 0.3) is 0 Å². The van der Waals surface area contributed by atoms with Crippen LogP contribution in [0, 0.1) is 0 Å². The van der Waals surface area contributed by atoms with E-state index < -0.39 is 0 Å². The van der Waals surface area contributed by atoms with Crippen LogP contribution in [0.1, 0.15) is 11.1 Å². The first-order valence-corrected chi connectivity index (χ1v) is 6.95. The van der Waals surface area contributed by atoms with Gasteiger partial charge in [0.05, 0.1) is 0 Å². The van der Waals surface area contributed by atoms with Crippen LogP contribution in [0.2, 0.25) is 0 Å². The molecule has 3 nitrogen and oxygen atoms in total. The van der Waals surface area contributed by atoms with E-state index in [1.165, 1.54) is 5.56 Å². The maximum atomic E-state index is 5.48. The summed E-state index contributed by atoms with van der Waals surface area (Å²) in [6.07, 6.45) is 0. The average molecular weight is 320 g/mol. The molecule has 0 aromatic heterocycles. The van der Waals surface area contributed by atoms with Crippen molar-refractivity contribution in [1.29, 1.82) is 0 Å². The number of ether oxygens (including phenoxy) is 2. The number of fused-ring (bicyclic) bond motifs is 1. The minimum atomic E-state index is 0.316. The smallest absolute Gasteiger partial charge is 0.231 e. The molecule has 0 fully saturated rings. The number of rotatable bonds is 4. The highest BCUT2D eigenvalue weighted by molar-refractivity contribution is 9.10. The van der Waals surface area contributed by atoms with Crippen molar-refractivity contribution in [2.24, 2.45) is 0 Å². The third kappa shape index (κ3) is 2.74. The molecule has 0 unspecified atom stereocenters. The maximum Gasteiger partial charge on any atom is 0.231 e. The van der Waals surface area contributed by atoms with Crippen molar-refractivity contribution in [3.05, 3.63) is 58.1 Å². The van der Waals surface area contributed by atoms with Crippen LogP contribution < -0.4 is 14.8 Å². The zero-order chi connectivity index (χ0) is 13.1. The predicted octanol–water partition coefficient (Wildman–Crippen LogP) is 3.47. The largest absolute Gasteiger partial charge is 0.454 e. The van der Waals surface area contributed by atoms with E-state index in [9.17, 15) is 0 Å². The minimum Gasteiger partial charge on any atom is -0.454 e. The van der Waals surface area contributed by atoms with Crippen LogP contribution in [-0.2, 0) is 13.1 Å². The monoisotopic (exact) mass is 319 g/mol. The fraction of sp³-hybridized carbons (Fsp3) is 0.200. The standard InChI is InChI=1S/C15H14BrNO2/c16-13-6-2-1-4-11(13)8-17-9-12-5-3-7-14-15(12)19-10-18-14/h1-7,17H,8-10H2. The second-order valence-electron chi connectivity index (χ2n) is 4.35. The number of nitrogens with one attached hydrogen (secondary N) is 1. The van der Waals surface area contributed by atoms with Gasteiger partial charge in [0.1, 0.15) is 0 Å². The first-order chi connectivity index (χ1) is 9.34. The molecular weight excluding hydrogens is 306 g/mol. The molecule has 2 aromatic rings. The summed E-state index contributed by atoms with van der Waals surface area (Å²) < 4.78 is 12.0. The van der Waals surface area contributed by atoms with Gasteiger partial charge in [-0.1, -0.05) is 46.3 Å². The van der Waals surface area contributed by atoms with Gasteiger partial charge in [-0.3, -0.25) is 0 Å². The lowest BCUT2D eigenvalue weighted by Gasteiger charge is -2.08. The van der Waals surface area contributed by atoms with Gasteiger partial charge >= 0.3 is 0 Å². The van der Waals surface area contributed by atoms with Gasteiger partial charge in [-0.15, -0.1) is 0 Å². The van der Waals surface area contributed by atoms with E-state index in [1.54, 1.807) is 0 Å². The Morgan fingerprint density at radius 3 is 2.63 bits per heavy atom. The Morgan fingerprint density at radius 1 is 0.947 bits per heavy atom. The van der Waals surface area contributed by atoms with Crippen molar-refractivity contribution in [3.63, 3.8) is 0 Å². The van der Waals surface area contributed by atoms with Crippen molar-refractivity contribution in [1.82, 2.24) is 5.32 Å². The Morgan fingerprint density at radius 2 is 1.74 bits per heavy atom. The van der Waals surface area contributed by atoms with Crippen LogP contribution in [0.25, 0.3) is 0 Å². The first-order valence-electron chi connectivity index (χ1n) is 6.16. The van der Waals surface area contributed by atoms with Gasteiger partial charge in [0.15, 0.2) is 11.5 Å². The molecule has 0 radical (unpaired) electrons. The fourth-order valence-electron chi connectivity index (χ4n) is 2.10. The quantitative estimate of drug-likeness (QED) is 0.936. The molecule has 0 aliphatic carbocycles. The van der Waals surface area contributed by atoms with Gasteiger partial charge in [-0.05, 0) is 17.7 Å².